The smallest absolute Gasteiger partial charge is 0.120 e. The van der Waals surface area contributed by atoms with Crippen LogP contribution in [-0.2, 0) is 0 Å². The second-order valence-corrected chi connectivity index (χ2v) is 3.11. The van der Waals surface area contributed by atoms with Gasteiger partial charge in [-0.25, -0.2) is 0 Å². The Hall–Kier alpha value is -1.52. The van der Waals surface area contributed by atoms with Crippen LogP contribution in [0, 0.1) is 0 Å². The number of anilines is 1. The summed E-state index contributed by atoms with van der Waals surface area (Å²) >= 11 is 0. The van der Waals surface area contributed by atoms with E-state index in [2.05, 4.69) is 10.4 Å². The minimum absolute atomic E-state index is 0. The number of nitrogens with zero attached hydrogens (tertiary/aromatic N) is 1. The lowest BCUT2D eigenvalue weighted by Crippen LogP contribution is -2.07. The average molecular weight is 240 g/mol. The highest BCUT2D eigenvalue weighted by molar-refractivity contribution is 5.91. The number of benzene rings is 1. The average Bonchev–Trinajstić information content (AvgIpc) is 2.28. The zero-order valence-electron chi connectivity index (χ0n) is 8.93. The van der Waals surface area contributed by atoms with Crippen molar-refractivity contribution in [3.8, 4) is 5.75 Å². The van der Waals surface area contributed by atoms with Crippen LogP contribution in [0.2, 0.25) is 0 Å². The highest BCUT2D eigenvalue weighted by Crippen LogP contribution is 2.25. The summed E-state index contributed by atoms with van der Waals surface area (Å²) in [6, 6.07) is 7.58. The quantitative estimate of drug-likeness (QED) is 0.638. The van der Waals surface area contributed by atoms with Crippen molar-refractivity contribution in [2.24, 2.45) is 5.84 Å². The number of aromatic nitrogens is 1. The van der Waals surface area contributed by atoms with Crippen molar-refractivity contribution in [2.45, 2.75) is 6.92 Å². The van der Waals surface area contributed by atoms with E-state index in [0.29, 0.717) is 6.61 Å². The van der Waals surface area contributed by atoms with Crippen molar-refractivity contribution in [3.05, 3.63) is 30.5 Å². The van der Waals surface area contributed by atoms with Crippen LogP contribution in [0.3, 0.4) is 0 Å². The first kappa shape index (κ1) is 12.5. The van der Waals surface area contributed by atoms with Gasteiger partial charge in [0, 0.05) is 11.6 Å². The highest BCUT2D eigenvalue weighted by Gasteiger charge is 2.02. The fourth-order valence-corrected chi connectivity index (χ4v) is 1.51. The number of nitrogens with one attached hydrogen (secondary N) is 1. The molecule has 0 aliphatic carbocycles. The first-order valence-electron chi connectivity index (χ1n) is 4.83. The van der Waals surface area contributed by atoms with Gasteiger partial charge in [0.2, 0.25) is 0 Å². The Kier molecular flexibility index (Phi) is 4.34. The number of hydrogen-bond acceptors (Lipinski definition) is 4. The van der Waals surface area contributed by atoms with Crippen LogP contribution in [0.25, 0.3) is 10.9 Å². The molecule has 0 atom stereocenters. The van der Waals surface area contributed by atoms with E-state index < -0.39 is 0 Å². The molecule has 0 fully saturated rings. The van der Waals surface area contributed by atoms with Gasteiger partial charge in [-0.3, -0.25) is 10.8 Å². The van der Waals surface area contributed by atoms with E-state index >= 15 is 0 Å². The second kappa shape index (κ2) is 5.53. The highest BCUT2D eigenvalue weighted by atomic mass is 35.5. The Balaban J connectivity index is 0.00000128. The van der Waals surface area contributed by atoms with Gasteiger partial charge >= 0.3 is 0 Å². The van der Waals surface area contributed by atoms with E-state index in [1.165, 1.54) is 0 Å². The Labute approximate surface area is 100 Å². The summed E-state index contributed by atoms with van der Waals surface area (Å²) in [5.41, 5.74) is 4.39. The standard InChI is InChI=1S/C11H13N3O.ClH/c1-2-15-8-3-4-10-9(7-8)11(14-12)5-6-13-10;/h3-7H,2,12H2,1H3,(H,13,14);1H. The van der Waals surface area contributed by atoms with Crippen LogP contribution in [0.15, 0.2) is 30.5 Å². The van der Waals surface area contributed by atoms with Crippen molar-refractivity contribution >= 4 is 29.0 Å². The summed E-state index contributed by atoms with van der Waals surface area (Å²) in [6.45, 7) is 2.60. The zero-order chi connectivity index (χ0) is 10.7. The van der Waals surface area contributed by atoms with Crippen LogP contribution < -0.4 is 16.0 Å². The molecule has 0 spiro atoms. The van der Waals surface area contributed by atoms with E-state index in [-0.39, 0.29) is 12.4 Å². The van der Waals surface area contributed by atoms with Crippen LogP contribution in [0.1, 0.15) is 6.92 Å². The number of ether oxygens (including phenoxy) is 1. The van der Waals surface area contributed by atoms with Crippen molar-refractivity contribution in [3.63, 3.8) is 0 Å². The third-order valence-electron chi connectivity index (χ3n) is 2.18. The van der Waals surface area contributed by atoms with Gasteiger partial charge in [0.05, 0.1) is 17.8 Å². The number of pyridine rings is 1. The molecular formula is C11H14ClN3O. The Morgan fingerprint density at radius 1 is 1.38 bits per heavy atom. The second-order valence-electron chi connectivity index (χ2n) is 3.11. The monoisotopic (exact) mass is 239 g/mol. The molecule has 16 heavy (non-hydrogen) atoms. The largest absolute Gasteiger partial charge is 0.494 e. The molecule has 1 aromatic heterocycles. The molecule has 2 rings (SSSR count). The third-order valence-corrected chi connectivity index (χ3v) is 2.18. The van der Waals surface area contributed by atoms with Crippen molar-refractivity contribution in [2.75, 3.05) is 12.0 Å². The summed E-state index contributed by atoms with van der Waals surface area (Å²) < 4.78 is 5.42. The first-order valence-corrected chi connectivity index (χ1v) is 4.83. The van der Waals surface area contributed by atoms with Crippen molar-refractivity contribution < 1.29 is 4.74 Å². The fraction of sp³-hybridized carbons (Fsp3) is 0.182. The van der Waals surface area contributed by atoms with Gasteiger partial charge in [0.1, 0.15) is 5.75 Å². The van der Waals surface area contributed by atoms with Gasteiger partial charge in [-0.2, -0.15) is 0 Å². The Bertz CT molecular complexity index is 476. The minimum atomic E-state index is 0. The summed E-state index contributed by atoms with van der Waals surface area (Å²) in [6.07, 6.45) is 1.72. The molecule has 4 nitrogen and oxygen atoms in total. The first-order chi connectivity index (χ1) is 7.35. The van der Waals surface area contributed by atoms with Gasteiger partial charge in [-0.05, 0) is 31.2 Å². The number of hydrazine groups is 1. The van der Waals surface area contributed by atoms with E-state index in [4.69, 9.17) is 10.6 Å². The van der Waals surface area contributed by atoms with Crippen LogP contribution in [0.5, 0.6) is 5.75 Å². The lowest BCUT2D eigenvalue weighted by Gasteiger charge is -2.07. The number of fused-ring (bicyclic) bond motifs is 1. The summed E-state index contributed by atoms with van der Waals surface area (Å²) in [4.78, 5) is 4.24. The van der Waals surface area contributed by atoms with Crippen molar-refractivity contribution in [1.29, 1.82) is 0 Å². The molecule has 1 heterocycles. The lowest BCUT2D eigenvalue weighted by atomic mass is 10.2. The number of nitrogen functional groups attached to an aromatic ring is 1. The maximum atomic E-state index is 5.42. The fourth-order valence-electron chi connectivity index (χ4n) is 1.51. The molecular weight excluding hydrogens is 226 g/mol. The molecule has 0 aliphatic heterocycles. The van der Waals surface area contributed by atoms with Crippen molar-refractivity contribution in [1.82, 2.24) is 4.98 Å². The maximum Gasteiger partial charge on any atom is 0.120 e. The number of rotatable bonds is 3. The summed E-state index contributed by atoms with van der Waals surface area (Å²) in [5, 5.41) is 0.964. The van der Waals surface area contributed by atoms with E-state index in [0.717, 1.165) is 22.3 Å². The molecule has 0 amide bonds. The summed E-state index contributed by atoms with van der Waals surface area (Å²) in [5.74, 6) is 6.25. The van der Waals surface area contributed by atoms with Crippen LogP contribution >= 0.6 is 12.4 Å². The zero-order valence-corrected chi connectivity index (χ0v) is 9.75. The topological polar surface area (TPSA) is 60.2 Å². The predicted molar refractivity (Wildman–Crippen MR) is 68.0 cm³/mol. The molecule has 0 bridgehead atoms. The molecule has 0 radical (unpaired) electrons. The van der Waals surface area contributed by atoms with E-state index in [1.54, 1.807) is 6.20 Å². The Morgan fingerprint density at radius 2 is 2.19 bits per heavy atom. The predicted octanol–water partition coefficient (Wildman–Crippen LogP) is 2.34. The van der Waals surface area contributed by atoms with Gasteiger partial charge in [0.25, 0.3) is 0 Å². The molecule has 2 aromatic rings. The van der Waals surface area contributed by atoms with Gasteiger partial charge in [-0.1, -0.05) is 0 Å². The molecule has 86 valence electrons. The normalized spacial score (nSPS) is 9.62. The number of halogens is 1. The molecule has 0 saturated heterocycles. The SMILES string of the molecule is CCOc1ccc2nccc(NN)c2c1.Cl. The summed E-state index contributed by atoms with van der Waals surface area (Å²) in [7, 11) is 0. The number of nitrogens with two attached hydrogens (primary N) is 1. The van der Waals surface area contributed by atoms with Crippen LogP contribution in [-0.4, -0.2) is 11.6 Å². The minimum Gasteiger partial charge on any atom is -0.494 e. The molecule has 5 heteroatoms. The molecule has 3 N–H and O–H groups in total. The van der Waals surface area contributed by atoms with Gasteiger partial charge < -0.3 is 10.2 Å². The van der Waals surface area contributed by atoms with Gasteiger partial charge in [-0.15, -0.1) is 12.4 Å². The molecule has 0 saturated carbocycles. The number of hydrogen-bond donors (Lipinski definition) is 2. The van der Waals surface area contributed by atoms with E-state index in [1.807, 2.05) is 31.2 Å². The van der Waals surface area contributed by atoms with Crippen LogP contribution in [0.4, 0.5) is 5.69 Å². The molecule has 1 aromatic carbocycles. The lowest BCUT2D eigenvalue weighted by molar-refractivity contribution is 0.340. The third kappa shape index (κ3) is 2.35. The molecule has 0 unspecified atom stereocenters. The van der Waals surface area contributed by atoms with Gasteiger partial charge in [0.15, 0.2) is 0 Å². The molecule has 0 aliphatic rings. The maximum absolute atomic E-state index is 5.42. The Morgan fingerprint density at radius 3 is 2.88 bits per heavy atom. The van der Waals surface area contributed by atoms with E-state index in [9.17, 15) is 0 Å².